The van der Waals surface area contributed by atoms with E-state index in [1.165, 1.54) is 30.6 Å². The summed E-state index contributed by atoms with van der Waals surface area (Å²) in [5.74, 6) is -1.78. The average Bonchev–Trinajstić information content (AvgIpc) is 2.76. The number of pyridine rings is 1. The van der Waals surface area contributed by atoms with Crippen molar-refractivity contribution in [1.29, 1.82) is 0 Å². The van der Waals surface area contributed by atoms with Gasteiger partial charge in [-0.05, 0) is 30.3 Å². The number of nitrogens with zero attached hydrogens (tertiary/aromatic N) is 4. The number of benzene rings is 1. The number of nitro groups is 1. The normalized spacial score (nSPS) is 10.0. The van der Waals surface area contributed by atoms with E-state index in [1.807, 2.05) is 0 Å². The molecule has 3 rings (SSSR count). The molecule has 2 aromatic heterocycles. The van der Waals surface area contributed by atoms with Crippen LogP contribution in [0.5, 0.6) is 0 Å². The van der Waals surface area contributed by atoms with Gasteiger partial charge in [0.05, 0.1) is 10.5 Å². The van der Waals surface area contributed by atoms with E-state index in [-0.39, 0.29) is 22.8 Å². The van der Waals surface area contributed by atoms with Crippen LogP contribution in [0.4, 0.5) is 17.3 Å². The van der Waals surface area contributed by atoms with Gasteiger partial charge < -0.3 is 0 Å². The van der Waals surface area contributed by atoms with Gasteiger partial charge in [-0.2, -0.15) is 0 Å². The second kappa shape index (κ2) is 9.25. The Kier molecular flexibility index (Phi) is 6.29. The molecule has 0 atom stereocenters. The lowest BCUT2D eigenvalue weighted by Gasteiger charge is -2.11. The van der Waals surface area contributed by atoms with Crippen molar-refractivity contribution >= 4 is 40.7 Å². The first-order valence-corrected chi connectivity index (χ1v) is 8.61. The van der Waals surface area contributed by atoms with Gasteiger partial charge in [0.15, 0.2) is 0 Å². The predicted molar refractivity (Wildman–Crippen MR) is 107 cm³/mol. The number of rotatable bonds is 7. The average molecular weight is 429 g/mol. The van der Waals surface area contributed by atoms with Gasteiger partial charge in [-0.3, -0.25) is 46.4 Å². The maximum Gasteiger partial charge on any atom is 0.356 e. The summed E-state index contributed by atoms with van der Waals surface area (Å²) in [6.45, 7) is 0. The first kappa shape index (κ1) is 20.4. The molecule has 30 heavy (non-hydrogen) atoms. The highest BCUT2D eigenvalue weighted by Crippen LogP contribution is 2.27. The maximum absolute atomic E-state index is 12.2. The smallest absolute Gasteiger partial charge is 0.276 e. The summed E-state index contributed by atoms with van der Waals surface area (Å²) >= 11 is 5.84. The number of carbonyl (C=O) groups excluding carboxylic acids is 2. The molecule has 0 saturated carbocycles. The first-order valence-electron chi connectivity index (χ1n) is 8.23. The van der Waals surface area contributed by atoms with E-state index in [0.29, 0.717) is 5.02 Å². The van der Waals surface area contributed by atoms with Crippen LogP contribution in [0.1, 0.15) is 20.7 Å². The standard InChI is InChI=1S/C17H13ClN8O4/c18-12-5-1-3-10(7-12)16(27)24-22-14-13(26(29)30)15(21-9-20-14)23-25-17(28)11-4-2-6-19-8-11/h1-9H,(H,24,27)(H,25,28)(H2,20,21,22,23). The van der Waals surface area contributed by atoms with Gasteiger partial charge >= 0.3 is 5.69 Å². The Morgan fingerprint density at radius 3 is 2.17 bits per heavy atom. The van der Waals surface area contributed by atoms with Crippen molar-refractivity contribution in [3.63, 3.8) is 0 Å². The van der Waals surface area contributed by atoms with Crippen molar-refractivity contribution in [2.45, 2.75) is 0 Å². The molecule has 0 spiro atoms. The van der Waals surface area contributed by atoms with Crippen LogP contribution >= 0.6 is 11.6 Å². The van der Waals surface area contributed by atoms with Gasteiger partial charge in [-0.1, -0.05) is 17.7 Å². The summed E-state index contributed by atoms with van der Waals surface area (Å²) in [5, 5.41) is 11.9. The monoisotopic (exact) mass is 428 g/mol. The highest BCUT2D eigenvalue weighted by Gasteiger charge is 2.24. The molecule has 0 aliphatic rings. The number of amides is 2. The van der Waals surface area contributed by atoms with E-state index in [2.05, 4.69) is 36.7 Å². The molecule has 13 heteroatoms. The summed E-state index contributed by atoms with van der Waals surface area (Å²) in [4.78, 5) is 46.3. The molecular formula is C17H13ClN8O4. The Bertz CT molecular complexity index is 1100. The zero-order valence-electron chi connectivity index (χ0n) is 15.0. The van der Waals surface area contributed by atoms with Crippen LogP contribution in [0.2, 0.25) is 5.02 Å². The summed E-state index contributed by atoms with van der Waals surface area (Å²) < 4.78 is 0. The molecule has 0 unspecified atom stereocenters. The molecule has 0 saturated heterocycles. The zero-order valence-corrected chi connectivity index (χ0v) is 15.8. The van der Waals surface area contributed by atoms with Gasteiger partial charge in [0.25, 0.3) is 11.8 Å². The number of hydrazine groups is 2. The van der Waals surface area contributed by atoms with Crippen molar-refractivity contribution < 1.29 is 14.5 Å². The molecule has 0 fully saturated rings. The number of aromatic nitrogens is 3. The predicted octanol–water partition coefficient (Wildman–Crippen LogP) is 1.95. The third-order valence-corrected chi connectivity index (χ3v) is 3.84. The van der Waals surface area contributed by atoms with Gasteiger partial charge in [0.2, 0.25) is 11.6 Å². The number of hydrogen-bond donors (Lipinski definition) is 4. The number of hydrogen-bond acceptors (Lipinski definition) is 9. The summed E-state index contributed by atoms with van der Waals surface area (Å²) in [6.07, 6.45) is 3.83. The van der Waals surface area contributed by atoms with E-state index in [1.54, 1.807) is 18.2 Å². The highest BCUT2D eigenvalue weighted by atomic mass is 35.5. The molecule has 3 aromatic rings. The Morgan fingerprint density at radius 2 is 1.60 bits per heavy atom. The molecular weight excluding hydrogens is 416 g/mol. The van der Waals surface area contributed by atoms with Crippen molar-refractivity contribution in [1.82, 2.24) is 25.8 Å². The molecule has 0 aliphatic heterocycles. The number of carbonyl (C=O) groups is 2. The number of halogens is 1. The Balaban J connectivity index is 1.73. The molecule has 12 nitrogen and oxygen atoms in total. The van der Waals surface area contributed by atoms with Gasteiger partial charge in [0.1, 0.15) is 6.33 Å². The lowest BCUT2D eigenvalue weighted by Crippen LogP contribution is -2.32. The van der Waals surface area contributed by atoms with Crippen LogP contribution in [0, 0.1) is 10.1 Å². The SMILES string of the molecule is O=C(NNc1ncnc(NNC(=O)c2cccc(Cl)c2)c1[N+](=O)[O-])c1cccnc1. The summed E-state index contributed by atoms with van der Waals surface area (Å²) in [6, 6.07) is 9.19. The van der Waals surface area contributed by atoms with Crippen molar-refractivity contribution in [2.24, 2.45) is 0 Å². The molecule has 4 N–H and O–H groups in total. The van der Waals surface area contributed by atoms with Crippen molar-refractivity contribution in [3.8, 4) is 0 Å². The Morgan fingerprint density at radius 1 is 0.967 bits per heavy atom. The van der Waals surface area contributed by atoms with E-state index >= 15 is 0 Å². The molecule has 0 bridgehead atoms. The van der Waals surface area contributed by atoms with Crippen LogP contribution in [0.3, 0.4) is 0 Å². The fraction of sp³-hybridized carbons (Fsp3) is 0. The Hall–Kier alpha value is -4.32. The highest BCUT2D eigenvalue weighted by molar-refractivity contribution is 6.30. The molecule has 2 amide bonds. The van der Waals surface area contributed by atoms with E-state index in [0.717, 1.165) is 6.33 Å². The third kappa shape index (κ3) is 4.94. The lowest BCUT2D eigenvalue weighted by molar-refractivity contribution is -0.383. The van der Waals surface area contributed by atoms with Gasteiger partial charge in [-0.15, -0.1) is 0 Å². The number of nitrogens with one attached hydrogen (secondary N) is 4. The second-order valence-electron chi connectivity index (χ2n) is 5.59. The molecule has 152 valence electrons. The minimum absolute atomic E-state index is 0.230. The summed E-state index contributed by atoms with van der Waals surface area (Å²) in [5.41, 5.74) is 9.17. The van der Waals surface area contributed by atoms with Crippen LogP contribution in [0.15, 0.2) is 55.1 Å². The third-order valence-electron chi connectivity index (χ3n) is 3.60. The second-order valence-corrected chi connectivity index (χ2v) is 6.02. The van der Waals surface area contributed by atoms with Gasteiger partial charge in [0, 0.05) is 23.0 Å². The van der Waals surface area contributed by atoms with Crippen molar-refractivity contribution in [2.75, 3.05) is 10.9 Å². The van der Waals surface area contributed by atoms with Crippen LogP contribution in [-0.4, -0.2) is 31.7 Å². The van der Waals surface area contributed by atoms with Crippen molar-refractivity contribution in [3.05, 3.63) is 81.4 Å². The quantitative estimate of drug-likeness (QED) is 0.325. The Labute approximate surface area is 173 Å². The molecule has 0 radical (unpaired) electrons. The maximum atomic E-state index is 12.2. The summed E-state index contributed by atoms with van der Waals surface area (Å²) in [7, 11) is 0. The molecule has 2 heterocycles. The fourth-order valence-electron chi connectivity index (χ4n) is 2.24. The van der Waals surface area contributed by atoms with E-state index in [9.17, 15) is 19.7 Å². The zero-order chi connectivity index (χ0) is 21.5. The first-order chi connectivity index (χ1) is 14.5. The van der Waals surface area contributed by atoms with E-state index < -0.39 is 22.4 Å². The van der Waals surface area contributed by atoms with Crippen LogP contribution < -0.4 is 21.7 Å². The van der Waals surface area contributed by atoms with E-state index in [4.69, 9.17) is 11.6 Å². The number of anilines is 2. The fourth-order valence-corrected chi connectivity index (χ4v) is 2.43. The minimum Gasteiger partial charge on any atom is -0.276 e. The molecule has 0 aliphatic carbocycles. The van der Waals surface area contributed by atoms with Crippen LogP contribution in [0.25, 0.3) is 0 Å². The minimum atomic E-state index is -0.771. The molecule has 1 aromatic carbocycles. The van der Waals surface area contributed by atoms with Gasteiger partial charge in [-0.25, -0.2) is 9.97 Å². The topological polar surface area (TPSA) is 164 Å². The van der Waals surface area contributed by atoms with Crippen LogP contribution in [-0.2, 0) is 0 Å². The largest absolute Gasteiger partial charge is 0.356 e. The lowest BCUT2D eigenvalue weighted by atomic mass is 10.2.